The fourth-order valence-electron chi connectivity index (χ4n) is 0.951. The molecule has 0 aliphatic rings. The van der Waals surface area contributed by atoms with Crippen molar-refractivity contribution in [2.24, 2.45) is 0 Å². The van der Waals surface area contributed by atoms with E-state index in [1.807, 2.05) is 18.2 Å². The minimum atomic E-state index is -0.743. The summed E-state index contributed by atoms with van der Waals surface area (Å²) in [6.07, 6.45) is 11.5. The van der Waals surface area contributed by atoms with Gasteiger partial charge in [0.15, 0.2) is 0 Å². The van der Waals surface area contributed by atoms with Crippen molar-refractivity contribution in [3.05, 3.63) is 24.3 Å². The van der Waals surface area contributed by atoms with Crippen LogP contribution in [0.25, 0.3) is 0 Å². The van der Waals surface area contributed by atoms with Gasteiger partial charge in [-0.25, -0.2) is 0 Å². The van der Waals surface area contributed by atoms with Crippen LogP contribution in [-0.2, 0) is 9.59 Å². The summed E-state index contributed by atoms with van der Waals surface area (Å²) < 4.78 is 0. The SMILES string of the molecule is O=C/C=C\CC/C=C\CCCC(=O)O. The zero-order valence-electron chi connectivity index (χ0n) is 8.19. The number of hydrogen-bond donors (Lipinski definition) is 1. The molecule has 0 aliphatic heterocycles. The fraction of sp³-hybridized carbons (Fsp3) is 0.455. The molecule has 0 aromatic heterocycles. The number of unbranched alkanes of at least 4 members (excludes halogenated alkanes) is 2. The van der Waals surface area contributed by atoms with Crippen LogP contribution in [0.4, 0.5) is 0 Å². The van der Waals surface area contributed by atoms with E-state index in [1.165, 1.54) is 6.08 Å². The van der Waals surface area contributed by atoms with E-state index < -0.39 is 5.97 Å². The number of rotatable bonds is 8. The molecule has 0 heterocycles. The van der Waals surface area contributed by atoms with E-state index in [2.05, 4.69) is 0 Å². The lowest BCUT2D eigenvalue weighted by Crippen LogP contribution is -1.92. The molecule has 0 amide bonds. The molecular formula is C11H16O3. The molecule has 0 spiro atoms. The topological polar surface area (TPSA) is 54.4 Å². The quantitative estimate of drug-likeness (QED) is 0.280. The smallest absolute Gasteiger partial charge is 0.303 e. The van der Waals surface area contributed by atoms with E-state index in [-0.39, 0.29) is 6.42 Å². The van der Waals surface area contributed by atoms with E-state index in [0.717, 1.165) is 25.5 Å². The van der Waals surface area contributed by atoms with Crippen LogP contribution < -0.4 is 0 Å². The highest BCUT2D eigenvalue weighted by molar-refractivity contribution is 5.66. The largest absolute Gasteiger partial charge is 0.481 e. The average Bonchev–Trinajstić information content (AvgIpc) is 2.15. The highest BCUT2D eigenvalue weighted by Crippen LogP contribution is 1.99. The first-order valence-corrected chi connectivity index (χ1v) is 4.74. The average molecular weight is 196 g/mol. The molecular weight excluding hydrogens is 180 g/mol. The molecule has 0 aromatic carbocycles. The molecule has 1 N–H and O–H groups in total. The Bertz CT molecular complexity index is 217. The highest BCUT2D eigenvalue weighted by atomic mass is 16.4. The summed E-state index contributed by atoms with van der Waals surface area (Å²) in [6.45, 7) is 0. The van der Waals surface area contributed by atoms with Crippen molar-refractivity contribution >= 4 is 12.3 Å². The van der Waals surface area contributed by atoms with Gasteiger partial charge >= 0.3 is 5.97 Å². The summed E-state index contributed by atoms with van der Waals surface area (Å²) in [6, 6.07) is 0. The molecule has 3 nitrogen and oxygen atoms in total. The predicted octanol–water partition coefficient (Wildman–Crippen LogP) is 2.33. The van der Waals surface area contributed by atoms with Crippen LogP contribution in [0, 0.1) is 0 Å². The molecule has 0 atom stereocenters. The van der Waals surface area contributed by atoms with E-state index in [4.69, 9.17) is 5.11 Å². The maximum atomic E-state index is 10.1. The molecule has 0 saturated carbocycles. The van der Waals surface area contributed by atoms with Gasteiger partial charge in [0.05, 0.1) is 0 Å². The molecule has 0 aromatic rings. The lowest BCUT2D eigenvalue weighted by Gasteiger charge is -1.90. The van der Waals surface area contributed by atoms with Gasteiger partial charge in [-0.3, -0.25) is 9.59 Å². The minimum Gasteiger partial charge on any atom is -0.481 e. The summed E-state index contributed by atoms with van der Waals surface area (Å²) in [4.78, 5) is 20.0. The first kappa shape index (κ1) is 12.6. The molecule has 14 heavy (non-hydrogen) atoms. The van der Waals surface area contributed by atoms with Crippen LogP contribution in [0.5, 0.6) is 0 Å². The van der Waals surface area contributed by atoms with E-state index in [1.54, 1.807) is 0 Å². The van der Waals surface area contributed by atoms with Gasteiger partial charge in [0.25, 0.3) is 0 Å². The van der Waals surface area contributed by atoms with Gasteiger partial charge in [0.2, 0.25) is 0 Å². The number of aliphatic carboxylic acids is 1. The maximum absolute atomic E-state index is 10.1. The summed E-state index contributed by atoms with van der Waals surface area (Å²) in [7, 11) is 0. The van der Waals surface area contributed by atoms with Crippen molar-refractivity contribution in [1.82, 2.24) is 0 Å². The third-order valence-electron chi connectivity index (χ3n) is 1.64. The van der Waals surface area contributed by atoms with Crippen LogP contribution in [-0.4, -0.2) is 17.4 Å². The van der Waals surface area contributed by atoms with Crippen LogP contribution in [0.3, 0.4) is 0 Å². The van der Waals surface area contributed by atoms with Gasteiger partial charge in [0, 0.05) is 6.42 Å². The predicted molar refractivity (Wildman–Crippen MR) is 55.1 cm³/mol. The number of carbonyl (C=O) groups excluding carboxylic acids is 1. The number of aldehydes is 1. The number of carboxylic acid groups (broad SMARTS) is 1. The van der Waals surface area contributed by atoms with Gasteiger partial charge in [-0.2, -0.15) is 0 Å². The third-order valence-corrected chi connectivity index (χ3v) is 1.64. The summed E-state index contributed by atoms with van der Waals surface area (Å²) in [5.41, 5.74) is 0. The highest BCUT2D eigenvalue weighted by Gasteiger charge is 1.92. The fourth-order valence-corrected chi connectivity index (χ4v) is 0.951. The van der Waals surface area contributed by atoms with Crippen LogP contribution >= 0.6 is 0 Å². The zero-order valence-corrected chi connectivity index (χ0v) is 8.19. The molecule has 0 rings (SSSR count). The molecule has 0 aliphatic carbocycles. The number of carbonyl (C=O) groups is 2. The molecule has 0 saturated heterocycles. The minimum absolute atomic E-state index is 0.232. The molecule has 0 bridgehead atoms. The maximum Gasteiger partial charge on any atom is 0.303 e. The van der Waals surface area contributed by atoms with Gasteiger partial charge in [-0.05, 0) is 31.8 Å². The lowest BCUT2D eigenvalue weighted by atomic mass is 10.2. The normalized spacial score (nSPS) is 11.1. The van der Waals surface area contributed by atoms with E-state index in [0.29, 0.717) is 6.42 Å². The molecule has 78 valence electrons. The monoisotopic (exact) mass is 196 g/mol. The van der Waals surface area contributed by atoms with Crippen molar-refractivity contribution in [2.45, 2.75) is 32.1 Å². The van der Waals surface area contributed by atoms with Gasteiger partial charge < -0.3 is 5.11 Å². The second-order valence-electron chi connectivity index (χ2n) is 2.90. The lowest BCUT2D eigenvalue weighted by molar-refractivity contribution is -0.137. The zero-order chi connectivity index (χ0) is 10.6. The van der Waals surface area contributed by atoms with Crippen LogP contribution in [0.15, 0.2) is 24.3 Å². The number of allylic oxidation sites excluding steroid dienone is 4. The molecule has 3 heteroatoms. The van der Waals surface area contributed by atoms with Gasteiger partial charge in [-0.1, -0.05) is 18.2 Å². The Hall–Kier alpha value is -1.38. The number of carboxylic acids is 1. The van der Waals surface area contributed by atoms with Crippen molar-refractivity contribution < 1.29 is 14.7 Å². The second-order valence-corrected chi connectivity index (χ2v) is 2.90. The third kappa shape index (κ3) is 10.6. The molecule has 0 radical (unpaired) electrons. The standard InChI is InChI=1S/C11H16O3/c12-10-8-6-4-2-1-3-5-7-9-11(13)14/h1,3,6,8,10H,2,4-5,7,9H2,(H,13,14)/b3-1-,8-6-. The second kappa shape index (κ2) is 9.71. The summed E-state index contributed by atoms with van der Waals surface area (Å²) in [5, 5.41) is 8.35. The van der Waals surface area contributed by atoms with Crippen molar-refractivity contribution in [2.75, 3.05) is 0 Å². The van der Waals surface area contributed by atoms with Crippen LogP contribution in [0.2, 0.25) is 0 Å². The Balaban J connectivity index is 3.23. The first-order chi connectivity index (χ1) is 6.77. The molecule has 0 fully saturated rings. The number of hydrogen-bond acceptors (Lipinski definition) is 2. The Morgan fingerprint density at radius 1 is 1.07 bits per heavy atom. The van der Waals surface area contributed by atoms with Crippen LogP contribution in [0.1, 0.15) is 32.1 Å². The van der Waals surface area contributed by atoms with Crippen molar-refractivity contribution in [3.8, 4) is 0 Å². The Morgan fingerprint density at radius 3 is 2.36 bits per heavy atom. The Kier molecular flexibility index (Phi) is 8.75. The summed E-state index contributed by atoms with van der Waals surface area (Å²) in [5.74, 6) is -0.743. The van der Waals surface area contributed by atoms with E-state index in [9.17, 15) is 9.59 Å². The summed E-state index contributed by atoms with van der Waals surface area (Å²) >= 11 is 0. The van der Waals surface area contributed by atoms with Crippen molar-refractivity contribution in [3.63, 3.8) is 0 Å². The Labute approximate surface area is 84.1 Å². The van der Waals surface area contributed by atoms with E-state index >= 15 is 0 Å². The Morgan fingerprint density at radius 2 is 1.71 bits per heavy atom. The first-order valence-electron chi connectivity index (χ1n) is 4.74. The van der Waals surface area contributed by atoms with Gasteiger partial charge in [-0.15, -0.1) is 0 Å². The van der Waals surface area contributed by atoms with Crippen molar-refractivity contribution in [1.29, 1.82) is 0 Å². The van der Waals surface area contributed by atoms with Gasteiger partial charge in [0.1, 0.15) is 6.29 Å². The molecule has 0 unspecified atom stereocenters.